The summed E-state index contributed by atoms with van der Waals surface area (Å²) in [6.45, 7) is 2.22. The van der Waals surface area contributed by atoms with Crippen LogP contribution in [0.15, 0.2) is 52.9 Å². The lowest BCUT2D eigenvalue weighted by Gasteiger charge is -2.37. The molecule has 12 heteroatoms. The molecule has 1 saturated heterocycles. The smallest absolute Gasteiger partial charge is 0.356 e. The Morgan fingerprint density at radius 2 is 1.73 bits per heavy atom. The van der Waals surface area contributed by atoms with Crippen molar-refractivity contribution in [3.63, 3.8) is 0 Å². The maximum atomic E-state index is 13.8. The number of guanidine groups is 1. The summed E-state index contributed by atoms with van der Waals surface area (Å²) in [6.07, 6.45) is -1.25. The molecular weight excluding hydrogens is 546 g/mol. The van der Waals surface area contributed by atoms with Gasteiger partial charge >= 0.3 is 12.4 Å². The molecule has 0 radical (unpaired) electrons. The van der Waals surface area contributed by atoms with Crippen LogP contribution in [0.1, 0.15) is 61.6 Å². The van der Waals surface area contributed by atoms with Crippen molar-refractivity contribution in [3.8, 4) is 0 Å². The van der Waals surface area contributed by atoms with Crippen molar-refractivity contribution in [1.29, 1.82) is 0 Å². The number of aliphatic imine (C=N–C) groups is 1. The molecule has 0 amide bonds. The monoisotopic (exact) mass is 580 g/mol. The van der Waals surface area contributed by atoms with Gasteiger partial charge in [-0.1, -0.05) is 19.3 Å². The molecule has 222 valence electrons. The molecule has 0 spiro atoms. The van der Waals surface area contributed by atoms with E-state index in [0.29, 0.717) is 48.5 Å². The lowest BCUT2D eigenvalue weighted by Crippen LogP contribution is -2.49. The normalized spacial score (nSPS) is 20.6. The molecule has 1 unspecified atom stereocenters. The molecule has 41 heavy (non-hydrogen) atoms. The largest absolute Gasteiger partial charge is 0.419 e. The number of hydrogen-bond acceptors (Lipinski definition) is 6. The number of aryl methyl sites for hydroxylation is 1. The molecule has 3 aliphatic rings. The fourth-order valence-electron chi connectivity index (χ4n) is 5.92. The van der Waals surface area contributed by atoms with Gasteiger partial charge in [0.25, 0.3) is 0 Å². The van der Waals surface area contributed by atoms with Crippen LogP contribution in [0.2, 0.25) is 0 Å². The molecule has 1 aromatic carbocycles. The highest BCUT2D eigenvalue weighted by Gasteiger charge is 2.38. The van der Waals surface area contributed by atoms with Gasteiger partial charge in [-0.15, -0.1) is 0 Å². The van der Waals surface area contributed by atoms with Crippen LogP contribution in [0.4, 0.5) is 37.8 Å². The molecule has 3 heterocycles. The summed E-state index contributed by atoms with van der Waals surface area (Å²) < 4.78 is 81.1. The second kappa shape index (κ2) is 11.4. The van der Waals surface area contributed by atoms with Crippen LogP contribution in [0.25, 0.3) is 0 Å². The lowest BCUT2D eigenvalue weighted by atomic mass is 9.94. The molecule has 2 aromatic rings. The van der Waals surface area contributed by atoms with Gasteiger partial charge in [-0.25, -0.2) is 9.98 Å². The van der Waals surface area contributed by atoms with E-state index in [9.17, 15) is 26.3 Å². The Labute approximate surface area is 235 Å². The molecule has 1 aliphatic carbocycles. The zero-order chi connectivity index (χ0) is 29.4. The van der Waals surface area contributed by atoms with Crippen LogP contribution in [-0.4, -0.2) is 48.1 Å². The fraction of sp³-hybridized carbons (Fsp3) is 0.517. The average molecular weight is 581 g/mol. The third-order valence-corrected chi connectivity index (χ3v) is 8.22. The predicted octanol–water partition coefficient (Wildman–Crippen LogP) is 6.94. The SMILES string of the molecule is Cc1cc(C(F)(F)F)ccc1NC1=C2CCN(c3ncccc3C(F)(F)F)CCC2N=C(N(C)C2CCCCC2)N1. The van der Waals surface area contributed by atoms with E-state index in [1.165, 1.54) is 24.8 Å². The lowest BCUT2D eigenvalue weighted by molar-refractivity contribution is -0.138. The Balaban J connectivity index is 1.47. The third-order valence-electron chi connectivity index (χ3n) is 8.22. The van der Waals surface area contributed by atoms with Crippen molar-refractivity contribution in [2.75, 3.05) is 30.4 Å². The maximum Gasteiger partial charge on any atom is 0.419 e. The summed E-state index contributed by atoms with van der Waals surface area (Å²) >= 11 is 0. The van der Waals surface area contributed by atoms with E-state index in [-0.39, 0.29) is 18.4 Å². The highest BCUT2D eigenvalue weighted by molar-refractivity contribution is 5.84. The van der Waals surface area contributed by atoms with E-state index in [4.69, 9.17) is 4.99 Å². The van der Waals surface area contributed by atoms with E-state index in [2.05, 4.69) is 20.5 Å². The topological polar surface area (TPSA) is 55.8 Å². The minimum absolute atomic E-state index is 0.108. The van der Waals surface area contributed by atoms with Gasteiger partial charge in [0.1, 0.15) is 11.6 Å². The Morgan fingerprint density at radius 1 is 0.976 bits per heavy atom. The Morgan fingerprint density at radius 3 is 2.41 bits per heavy atom. The van der Waals surface area contributed by atoms with E-state index in [1.54, 1.807) is 11.8 Å². The summed E-state index contributed by atoms with van der Waals surface area (Å²) in [4.78, 5) is 12.9. The summed E-state index contributed by atoms with van der Waals surface area (Å²) in [5.74, 6) is 1.16. The van der Waals surface area contributed by atoms with Gasteiger partial charge in [0.15, 0.2) is 5.96 Å². The van der Waals surface area contributed by atoms with E-state index in [1.807, 2.05) is 7.05 Å². The molecule has 2 aliphatic heterocycles. The molecular formula is C29H34F6N6. The molecule has 6 nitrogen and oxygen atoms in total. The molecule has 0 bridgehead atoms. The number of benzene rings is 1. The standard InChI is InChI=1S/C29H34F6N6/c1-18-17-19(28(30,31)32)10-11-23(18)37-25-21-12-15-41(26-22(29(33,34)35)9-6-14-36-26)16-13-24(21)38-27(39-25)40(2)20-7-4-3-5-8-20/h6,9-11,14,17,20,24,37H,3-5,7-8,12-13,15-16H2,1-2H3,(H,38,39). The van der Waals surface area contributed by atoms with Crippen molar-refractivity contribution >= 4 is 17.5 Å². The van der Waals surface area contributed by atoms with Crippen LogP contribution < -0.4 is 15.5 Å². The number of nitrogens with zero attached hydrogens (tertiary/aromatic N) is 4. The minimum atomic E-state index is -4.54. The van der Waals surface area contributed by atoms with Crippen molar-refractivity contribution in [2.24, 2.45) is 4.99 Å². The van der Waals surface area contributed by atoms with Gasteiger partial charge in [-0.2, -0.15) is 26.3 Å². The molecule has 1 aromatic heterocycles. The number of anilines is 2. The number of halogens is 6. The summed E-state index contributed by atoms with van der Waals surface area (Å²) in [5.41, 5.74) is 0.301. The number of nitrogens with one attached hydrogen (secondary N) is 2. The first-order valence-electron chi connectivity index (χ1n) is 13.9. The Kier molecular flexibility index (Phi) is 8.11. The van der Waals surface area contributed by atoms with Crippen molar-refractivity contribution < 1.29 is 26.3 Å². The third kappa shape index (κ3) is 6.41. The second-order valence-electron chi connectivity index (χ2n) is 10.9. The van der Waals surface area contributed by atoms with Crippen LogP contribution in [-0.2, 0) is 12.4 Å². The van der Waals surface area contributed by atoms with Gasteiger partial charge in [0, 0.05) is 38.1 Å². The van der Waals surface area contributed by atoms with Crippen molar-refractivity contribution in [2.45, 2.75) is 76.3 Å². The zero-order valence-corrected chi connectivity index (χ0v) is 23.0. The van der Waals surface area contributed by atoms with Crippen LogP contribution >= 0.6 is 0 Å². The molecule has 1 atom stereocenters. The predicted molar refractivity (Wildman–Crippen MR) is 147 cm³/mol. The number of hydrogen-bond donors (Lipinski definition) is 2. The first-order chi connectivity index (χ1) is 19.4. The van der Waals surface area contributed by atoms with Crippen molar-refractivity contribution in [1.82, 2.24) is 15.2 Å². The zero-order valence-electron chi connectivity index (χ0n) is 23.0. The number of aromatic nitrogens is 1. The molecule has 2 N–H and O–H groups in total. The van der Waals surface area contributed by atoms with Crippen molar-refractivity contribution in [3.05, 3.63) is 64.6 Å². The van der Waals surface area contributed by atoms with Gasteiger partial charge in [0.2, 0.25) is 0 Å². The average Bonchev–Trinajstić information content (AvgIpc) is 3.16. The summed E-state index contributed by atoms with van der Waals surface area (Å²) in [7, 11) is 1.99. The summed E-state index contributed by atoms with van der Waals surface area (Å²) in [5, 5.41) is 6.71. The number of rotatable bonds is 4. The molecule has 5 rings (SSSR count). The minimum Gasteiger partial charge on any atom is -0.356 e. The van der Waals surface area contributed by atoms with Gasteiger partial charge in [0.05, 0.1) is 17.2 Å². The quantitative estimate of drug-likeness (QED) is 0.384. The number of pyridine rings is 1. The van der Waals surface area contributed by atoms with E-state index in [0.717, 1.165) is 49.5 Å². The number of fused-ring (bicyclic) bond motifs is 1. The van der Waals surface area contributed by atoms with E-state index < -0.39 is 23.5 Å². The van der Waals surface area contributed by atoms with Crippen LogP contribution in [0, 0.1) is 6.92 Å². The van der Waals surface area contributed by atoms with E-state index >= 15 is 0 Å². The first-order valence-corrected chi connectivity index (χ1v) is 13.9. The fourth-order valence-corrected chi connectivity index (χ4v) is 5.92. The highest BCUT2D eigenvalue weighted by atomic mass is 19.4. The Bertz CT molecular complexity index is 1310. The highest BCUT2D eigenvalue weighted by Crippen LogP contribution is 2.38. The maximum absolute atomic E-state index is 13.8. The summed E-state index contributed by atoms with van der Waals surface area (Å²) in [6, 6.07) is 5.86. The van der Waals surface area contributed by atoms with Crippen LogP contribution in [0.3, 0.4) is 0 Å². The number of alkyl halides is 6. The Hall–Kier alpha value is -3.44. The van der Waals surface area contributed by atoms with Gasteiger partial charge in [-0.05, 0) is 74.1 Å². The molecule has 1 saturated carbocycles. The molecule has 2 fully saturated rings. The second-order valence-corrected chi connectivity index (χ2v) is 10.9. The van der Waals surface area contributed by atoms with Gasteiger partial charge < -0.3 is 20.4 Å². The van der Waals surface area contributed by atoms with Gasteiger partial charge in [-0.3, -0.25) is 0 Å². The first kappa shape index (κ1) is 29.1. The van der Waals surface area contributed by atoms with Crippen LogP contribution in [0.5, 0.6) is 0 Å².